The SMILES string of the molecule is COC(=O)C(CC(C)C)NC(=O)COc1ccc(Cl)c2cccnc12. The number of rotatable bonds is 7. The number of aromatic nitrogens is 1. The number of nitrogens with zero attached hydrogens (tertiary/aromatic N) is 1. The molecule has 0 fully saturated rings. The van der Waals surface area contributed by atoms with Crippen molar-refractivity contribution >= 4 is 34.4 Å². The first-order valence-corrected chi connectivity index (χ1v) is 8.33. The Balaban J connectivity index is 2.04. The Morgan fingerprint density at radius 1 is 1.28 bits per heavy atom. The van der Waals surface area contributed by atoms with Crippen molar-refractivity contribution in [1.29, 1.82) is 0 Å². The topological polar surface area (TPSA) is 77.5 Å². The van der Waals surface area contributed by atoms with E-state index in [0.29, 0.717) is 22.7 Å². The Morgan fingerprint density at radius 2 is 2.04 bits per heavy atom. The van der Waals surface area contributed by atoms with Gasteiger partial charge < -0.3 is 14.8 Å². The van der Waals surface area contributed by atoms with E-state index in [1.165, 1.54) is 7.11 Å². The van der Waals surface area contributed by atoms with Crippen molar-refractivity contribution in [2.45, 2.75) is 26.3 Å². The van der Waals surface area contributed by atoms with Crippen LogP contribution in [0.15, 0.2) is 30.5 Å². The van der Waals surface area contributed by atoms with Crippen LogP contribution in [0, 0.1) is 5.92 Å². The van der Waals surface area contributed by atoms with Gasteiger partial charge in [-0.3, -0.25) is 9.78 Å². The summed E-state index contributed by atoms with van der Waals surface area (Å²) in [6.07, 6.45) is 2.12. The number of methoxy groups -OCH3 is 1. The second kappa shape index (κ2) is 8.67. The van der Waals surface area contributed by atoms with Crippen LogP contribution in [0.2, 0.25) is 5.02 Å². The maximum Gasteiger partial charge on any atom is 0.328 e. The number of carbonyl (C=O) groups excluding carboxylic acids is 2. The highest BCUT2D eigenvalue weighted by Gasteiger charge is 2.22. The standard InChI is InChI=1S/C18H21ClN2O4/c1-11(2)9-14(18(23)24-3)21-16(22)10-25-15-7-6-13(19)12-5-4-8-20-17(12)15/h4-8,11,14H,9-10H2,1-3H3,(H,21,22). The number of ether oxygens (including phenoxy) is 2. The quantitative estimate of drug-likeness (QED) is 0.764. The number of halogens is 1. The summed E-state index contributed by atoms with van der Waals surface area (Å²) >= 11 is 6.13. The number of hydrogen-bond acceptors (Lipinski definition) is 5. The summed E-state index contributed by atoms with van der Waals surface area (Å²) in [4.78, 5) is 28.2. The number of amides is 1. The van der Waals surface area contributed by atoms with Crippen LogP contribution < -0.4 is 10.1 Å². The molecular weight excluding hydrogens is 344 g/mol. The van der Waals surface area contributed by atoms with Crippen molar-refractivity contribution in [2.75, 3.05) is 13.7 Å². The van der Waals surface area contributed by atoms with E-state index >= 15 is 0 Å². The fraction of sp³-hybridized carbons (Fsp3) is 0.389. The van der Waals surface area contributed by atoms with Gasteiger partial charge in [0.2, 0.25) is 0 Å². The van der Waals surface area contributed by atoms with Crippen molar-refractivity contribution in [3.8, 4) is 5.75 Å². The lowest BCUT2D eigenvalue weighted by molar-refractivity contribution is -0.145. The van der Waals surface area contributed by atoms with Crippen LogP contribution in [0.1, 0.15) is 20.3 Å². The van der Waals surface area contributed by atoms with Gasteiger partial charge in [0.15, 0.2) is 6.61 Å². The lowest BCUT2D eigenvalue weighted by Crippen LogP contribution is -2.44. The lowest BCUT2D eigenvalue weighted by atomic mass is 10.0. The molecular formula is C18H21ClN2O4. The minimum atomic E-state index is -0.693. The molecule has 0 radical (unpaired) electrons. The summed E-state index contributed by atoms with van der Waals surface area (Å²) in [5.74, 6) is -0.195. The van der Waals surface area contributed by atoms with Crippen molar-refractivity contribution < 1.29 is 19.1 Å². The normalized spacial score (nSPS) is 12.0. The average Bonchev–Trinajstić information content (AvgIpc) is 2.59. The molecule has 134 valence electrons. The number of benzene rings is 1. The molecule has 1 amide bonds. The molecule has 1 atom stereocenters. The minimum absolute atomic E-state index is 0.231. The molecule has 0 aliphatic heterocycles. The molecule has 1 aromatic carbocycles. The van der Waals surface area contributed by atoms with Gasteiger partial charge in [-0.05, 0) is 36.6 Å². The number of esters is 1. The molecule has 2 rings (SSSR count). The van der Waals surface area contributed by atoms with Crippen LogP contribution in [-0.4, -0.2) is 36.6 Å². The van der Waals surface area contributed by atoms with E-state index in [4.69, 9.17) is 21.1 Å². The van der Waals surface area contributed by atoms with Crippen LogP contribution >= 0.6 is 11.6 Å². The molecule has 0 saturated heterocycles. The molecule has 0 bridgehead atoms. The Hall–Kier alpha value is -2.34. The van der Waals surface area contributed by atoms with Gasteiger partial charge in [-0.1, -0.05) is 25.4 Å². The zero-order valence-electron chi connectivity index (χ0n) is 14.4. The highest BCUT2D eigenvalue weighted by Crippen LogP contribution is 2.29. The fourth-order valence-electron chi connectivity index (χ4n) is 2.44. The van der Waals surface area contributed by atoms with Crippen LogP contribution in [0.25, 0.3) is 10.9 Å². The van der Waals surface area contributed by atoms with E-state index in [0.717, 1.165) is 5.39 Å². The first-order valence-electron chi connectivity index (χ1n) is 7.95. The molecule has 0 spiro atoms. The molecule has 0 saturated carbocycles. The van der Waals surface area contributed by atoms with Gasteiger partial charge in [0, 0.05) is 11.6 Å². The summed E-state index contributed by atoms with van der Waals surface area (Å²) in [5.41, 5.74) is 0.578. The van der Waals surface area contributed by atoms with E-state index in [1.54, 1.807) is 24.4 Å². The summed E-state index contributed by atoms with van der Waals surface area (Å²) < 4.78 is 10.3. The molecule has 2 aromatic rings. The molecule has 25 heavy (non-hydrogen) atoms. The van der Waals surface area contributed by atoms with Crippen LogP contribution in [-0.2, 0) is 14.3 Å². The summed E-state index contributed by atoms with van der Waals surface area (Å²) in [6.45, 7) is 3.69. The Bertz CT molecular complexity index is 764. The smallest absolute Gasteiger partial charge is 0.328 e. The van der Waals surface area contributed by atoms with Crippen molar-refractivity contribution in [3.05, 3.63) is 35.5 Å². The van der Waals surface area contributed by atoms with Gasteiger partial charge >= 0.3 is 5.97 Å². The molecule has 1 unspecified atom stereocenters. The first kappa shape index (κ1) is 19.0. The van der Waals surface area contributed by atoms with Gasteiger partial charge in [0.05, 0.1) is 12.1 Å². The monoisotopic (exact) mass is 364 g/mol. The minimum Gasteiger partial charge on any atom is -0.481 e. The number of nitrogens with one attached hydrogen (secondary N) is 1. The van der Waals surface area contributed by atoms with Crippen LogP contribution in [0.3, 0.4) is 0 Å². The maximum atomic E-state index is 12.1. The number of pyridine rings is 1. The zero-order valence-corrected chi connectivity index (χ0v) is 15.2. The van der Waals surface area contributed by atoms with Crippen molar-refractivity contribution in [2.24, 2.45) is 5.92 Å². The first-order chi connectivity index (χ1) is 11.9. The van der Waals surface area contributed by atoms with Gasteiger partial charge in [0.1, 0.15) is 17.3 Å². The summed E-state index contributed by atoms with van der Waals surface area (Å²) in [6, 6.07) is 6.26. The third kappa shape index (κ3) is 5.06. The predicted molar refractivity (Wildman–Crippen MR) is 95.6 cm³/mol. The average molecular weight is 365 g/mol. The second-order valence-corrected chi connectivity index (χ2v) is 6.41. The Kier molecular flexibility index (Phi) is 6.58. The van der Waals surface area contributed by atoms with Gasteiger partial charge in [-0.15, -0.1) is 0 Å². The highest BCUT2D eigenvalue weighted by atomic mass is 35.5. The van der Waals surface area contributed by atoms with E-state index in [9.17, 15) is 9.59 Å². The number of fused-ring (bicyclic) bond motifs is 1. The van der Waals surface area contributed by atoms with E-state index in [1.807, 2.05) is 19.9 Å². The fourth-order valence-corrected chi connectivity index (χ4v) is 2.65. The maximum absolute atomic E-state index is 12.1. The summed E-state index contributed by atoms with van der Waals surface area (Å²) in [5, 5.41) is 3.95. The molecule has 1 aromatic heterocycles. The molecule has 1 N–H and O–H groups in total. The third-order valence-corrected chi connectivity index (χ3v) is 3.90. The number of carbonyl (C=O) groups is 2. The second-order valence-electron chi connectivity index (χ2n) is 6.01. The third-order valence-electron chi connectivity index (χ3n) is 3.57. The van der Waals surface area contributed by atoms with E-state index < -0.39 is 17.9 Å². The zero-order chi connectivity index (χ0) is 18.4. The van der Waals surface area contributed by atoms with E-state index in [-0.39, 0.29) is 12.5 Å². The van der Waals surface area contributed by atoms with Crippen LogP contribution in [0.5, 0.6) is 5.75 Å². The molecule has 0 aliphatic rings. The lowest BCUT2D eigenvalue weighted by Gasteiger charge is -2.18. The Morgan fingerprint density at radius 3 is 2.72 bits per heavy atom. The van der Waals surface area contributed by atoms with E-state index in [2.05, 4.69) is 10.3 Å². The molecule has 7 heteroatoms. The van der Waals surface area contributed by atoms with Crippen molar-refractivity contribution in [3.63, 3.8) is 0 Å². The number of hydrogen-bond donors (Lipinski definition) is 1. The highest BCUT2D eigenvalue weighted by molar-refractivity contribution is 6.35. The molecule has 6 nitrogen and oxygen atoms in total. The molecule has 1 heterocycles. The van der Waals surface area contributed by atoms with Crippen molar-refractivity contribution in [1.82, 2.24) is 10.3 Å². The molecule has 0 aliphatic carbocycles. The largest absolute Gasteiger partial charge is 0.481 e. The summed E-state index contributed by atoms with van der Waals surface area (Å²) in [7, 11) is 1.30. The van der Waals surface area contributed by atoms with Gasteiger partial charge in [0.25, 0.3) is 5.91 Å². The predicted octanol–water partition coefficient (Wildman–Crippen LogP) is 2.97. The van der Waals surface area contributed by atoms with Crippen LogP contribution in [0.4, 0.5) is 0 Å². The van der Waals surface area contributed by atoms with Gasteiger partial charge in [-0.25, -0.2) is 4.79 Å². The van der Waals surface area contributed by atoms with Gasteiger partial charge in [-0.2, -0.15) is 0 Å². The Labute approximate surface area is 151 Å².